The monoisotopic (exact) mass is 434 g/mol. The molecule has 9 nitrogen and oxygen atoms in total. The molecule has 0 radical (unpaired) electrons. The molecule has 1 saturated heterocycles. The number of aromatic nitrogens is 4. The van der Waals surface area contributed by atoms with Gasteiger partial charge in [-0.15, -0.1) is 0 Å². The van der Waals surface area contributed by atoms with Crippen molar-refractivity contribution in [2.75, 3.05) is 24.5 Å². The van der Waals surface area contributed by atoms with Crippen LogP contribution in [0.5, 0.6) is 0 Å². The number of nitrogens with zero attached hydrogens (tertiary/aromatic N) is 5. The van der Waals surface area contributed by atoms with Crippen molar-refractivity contribution in [1.82, 2.24) is 30.2 Å². The molecule has 9 heteroatoms. The van der Waals surface area contributed by atoms with Crippen LogP contribution in [0.25, 0.3) is 16.9 Å². The molecule has 1 amide bonds. The fourth-order valence-corrected chi connectivity index (χ4v) is 4.31. The Balaban J connectivity index is 1.26. The third kappa shape index (κ3) is 4.38. The minimum atomic E-state index is -0.0132. The molecule has 1 saturated carbocycles. The van der Waals surface area contributed by atoms with E-state index in [9.17, 15) is 4.79 Å². The van der Waals surface area contributed by atoms with E-state index in [-0.39, 0.29) is 18.0 Å². The molecule has 1 unspecified atom stereocenters. The van der Waals surface area contributed by atoms with Gasteiger partial charge < -0.3 is 25.8 Å². The number of imidazole rings is 1. The predicted octanol–water partition coefficient (Wildman–Crippen LogP) is 2.13. The van der Waals surface area contributed by atoms with Crippen LogP contribution < -0.4 is 16.0 Å². The Labute approximate surface area is 187 Å². The van der Waals surface area contributed by atoms with Crippen LogP contribution in [0.1, 0.15) is 37.9 Å². The fourth-order valence-electron chi connectivity index (χ4n) is 4.31. The fraction of sp³-hybridized carbons (Fsp3) is 0.478. The Hall–Kier alpha value is -3.20. The zero-order valence-corrected chi connectivity index (χ0v) is 18.2. The summed E-state index contributed by atoms with van der Waals surface area (Å²) >= 11 is 0. The summed E-state index contributed by atoms with van der Waals surface area (Å²) in [5.74, 6) is 2.16. The number of aromatic amines is 1. The highest BCUT2D eigenvalue weighted by Gasteiger charge is 2.30. The van der Waals surface area contributed by atoms with Crippen LogP contribution >= 0.6 is 0 Å². The lowest BCUT2D eigenvalue weighted by Gasteiger charge is -2.34. The van der Waals surface area contributed by atoms with Crippen LogP contribution in [0.3, 0.4) is 0 Å². The average molecular weight is 435 g/mol. The van der Waals surface area contributed by atoms with E-state index in [1.165, 1.54) is 12.8 Å². The van der Waals surface area contributed by atoms with Gasteiger partial charge in [0.1, 0.15) is 11.6 Å². The Morgan fingerprint density at radius 2 is 2.19 bits per heavy atom. The summed E-state index contributed by atoms with van der Waals surface area (Å²) in [6, 6.07) is 0. The first-order chi connectivity index (χ1) is 15.6. The van der Waals surface area contributed by atoms with Crippen LogP contribution in [0.15, 0.2) is 37.3 Å². The van der Waals surface area contributed by atoms with Gasteiger partial charge in [-0.2, -0.15) is 0 Å². The first-order valence-corrected chi connectivity index (χ1v) is 11.4. The lowest BCUT2D eigenvalue weighted by Crippen LogP contribution is -2.43. The summed E-state index contributed by atoms with van der Waals surface area (Å²) in [6.07, 6.45) is 14.6. The maximum Gasteiger partial charge on any atom is 0.231 e. The van der Waals surface area contributed by atoms with Crippen molar-refractivity contribution in [2.45, 2.75) is 38.3 Å². The number of nitrogens with one attached hydrogen (secondary N) is 2. The normalized spacial score (nSPS) is 22.1. The molecule has 5 rings (SSSR count). The van der Waals surface area contributed by atoms with Crippen LogP contribution in [0, 0.1) is 11.8 Å². The largest absolute Gasteiger partial charge is 0.376 e. The SMILES string of the molecule is C=C(/C=C\NC(N)C1CC1)c1nc2ncc(N3CCC[C@@H](C(=O)N4C=CCC4)C3)nc2[nH]1. The number of rotatable bonds is 7. The lowest BCUT2D eigenvalue weighted by molar-refractivity contribution is -0.132. The van der Waals surface area contributed by atoms with Crippen LogP contribution in [0.2, 0.25) is 0 Å². The summed E-state index contributed by atoms with van der Waals surface area (Å²) < 4.78 is 0. The molecule has 1 aliphatic carbocycles. The van der Waals surface area contributed by atoms with Crippen molar-refractivity contribution >= 4 is 28.6 Å². The van der Waals surface area contributed by atoms with Crippen molar-refractivity contribution < 1.29 is 4.79 Å². The number of hydrogen-bond donors (Lipinski definition) is 3. The molecule has 0 aromatic carbocycles. The third-order valence-corrected chi connectivity index (χ3v) is 6.40. The van der Waals surface area contributed by atoms with Crippen molar-refractivity contribution in [3.05, 3.63) is 43.2 Å². The summed E-state index contributed by atoms with van der Waals surface area (Å²) in [6.45, 7) is 6.40. The van der Waals surface area contributed by atoms with Gasteiger partial charge >= 0.3 is 0 Å². The number of fused-ring (bicyclic) bond motifs is 1. The van der Waals surface area contributed by atoms with Gasteiger partial charge in [-0.3, -0.25) is 4.79 Å². The van der Waals surface area contributed by atoms with E-state index in [1.807, 2.05) is 29.5 Å². The first-order valence-electron chi connectivity index (χ1n) is 11.4. The van der Waals surface area contributed by atoms with Crippen molar-refractivity contribution in [1.29, 1.82) is 0 Å². The molecule has 2 aliphatic heterocycles. The minimum absolute atomic E-state index is 0.0117. The van der Waals surface area contributed by atoms with Gasteiger partial charge in [0.15, 0.2) is 11.3 Å². The van der Waals surface area contributed by atoms with Gasteiger partial charge in [-0.25, -0.2) is 15.0 Å². The van der Waals surface area contributed by atoms with E-state index in [1.54, 1.807) is 6.20 Å². The van der Waals surface area contributed by atoms with Crippen molar-refractivity contribution in [3.8, 4) is 0 Å². The number of H-pyrrole nitrogens is 1. The summed E-state index contributed by atoms with van der Waals surface area (Å²) in [5.41, 5.74) is 7.94. The minimum Gasteiger partial charge on any atom is -0.376 e. The second-order valence-corrected chi connectivity index (χ2v) is 8.86. The van der Waals surface area contributed by atoms with Crippen molar-refractivity contribution in [2.24, 2.45) is 17.6 Å². The van der Waals surface area contributed by atoms with E-state index in [2.05, 4.69) is 31.7 Å². The third-order valence-electron chi connectivity index (χ3n) is 6.40. The van der Waals surface area contributed by atoms with Gasteiger partial charge in [0, 0.05) is 31.4 Å². The topological polar surface area (TPSA) is 116 Å². The Morgan fingerprint density at radius 1 is 1.31 bits per heavy atom. The molecule has 0 bridgehead atoms. The molecule has 2 aromatic rings. The Kier molecular flexibility index (Phi) is 5.65. The zero-order valence-electron chi connectivity index (χ0n) is 18.2. The van der Waals surface area contributed by atoms with Gasteiger partial charge in [-0.1, -0.05) is 12.7 Å². The lowest BCUT2D eigenvalue weighted by atomic mass is 9.96. The van der Waals surface area contributed by atoms with Crippen LogP contribution in [0.4, 0.5) is 5.82 Å². The second-order valence-electron chi connectivity index (χ2n) is 8.86. The summed E-state index contributed by atoms with van der Waals surface area (Å²) in [4.78, 5) is 33.8. The first kappa shape index (κ1) is 20.7. The van der Waals surface area contributed by atoms with Crippen LogP contribution in [-0.2, 0) is 4.79 Å². The molecule has 2 fully saturated rings. The molecule has 32 heavy (non-hydrogen) atoms. The molecular weight excluding hydrogens is 404 g/mol. The molecule has 0 spiro atoms. The van der Waals surface area contributed by atoms with Crippen molar-refractivity contribution in [3.63, 3.8) is 0 Å². The quantitative estimate of drug-likeness (QED) is 0.451. The van der Waals surface area contributed by atoms with E-state index in [0.717, 1.165) is 43.7 Å². The number of anilines is 1. The number of carbonyl (C=O) groups is 1. The molecule has 168 valence electrons. The highest BCUT2D eigenvalue weighted by molar-refractivity contribution is 5.81. The van der Waals surface area contributed by atoms with Gasteiger partial charge in [0.25, 0.3) is 0 Å². The summed E-state index contributed by atoms with van der Waals surface area (Å²) in [5, 5.41) is 3.19. The molecule has 4 N–H and O–H groups in total. The van der Waals surface area contributed by atoms with Gasteiger partial charge in [0.05, 0.1) is 18.3 Å². The Morgan fingerprint density at radius 3 is 2.97 bits per heavy atom. The summed E-state index contributed by atoms with van der Waals surface area (Å²) in [7, 11) is 0. The average Bonchev–Trinajstić information content (AvgIpc) is 3.35. The molecular formula is C23H30N8O. The number of hydrogen-bond acceptors (Lipinski definition) is 7. The number of amides is 1. The highest BCUT2D eigenvalue weighted by Crippen LogP contribution is 2.30. The highest BCUT2D eigenvalue weighted by atomic mass is 16.2. The number of piperidine rings is 1. The second kappa shape index (κ2) is 8.74. The standard InChI is InChI=1S/C23H30N8O/c1-15(8-9-25-19(24)16-6-7-16)20-28-21-22(29-20)27-18(13-26-21)31-12-4-5-17(14-31)23(32)30-10-2-3-11-30/h2,8-10,13,16-17,19,25H,1,3-7,11-12,14,24H2,(H,26,27,28,29)/b9-8-/t17-,19?/m1/s1. The Bertz CT molecular complexity index is 1070. The number of nitrogens with two attached hydrogens (primary N) is 1. The van der Waals surface area contributed by atoms with Gasteiger partial charge in [-0.05, 0) is 50.3 Å². The van der Waals surface area contributed by atoms with Gasteiger partial charge in [0.2, 0.25) is 5.91 Å². The predicted molar refractivity (Wildman–Crippen MR) is 124 cm³/mol. The number of allylic oxidation sites excluding steroid dienone is 2. The molecule has 2 aromatic heterocycles. The molecule has 4 heterocycles. The smallest absolute Gasteiger partial charge is 0.231 e. The number of carbonyl (C=O) groups excluding carboxylic acids is 1. The maximum atomic E-state index is 12.8. The van der Waals surface area contributed by atoms with E-state index >= 15 is 0 Å². The molecule has 3 aliphatic rings. The van der Waals surface area contributed by atoms with E-state index in [4.69, 9.17) is 10.7 Å². The molecule has 2 atom stereocenters. The van der Waals surface area contributed by atoms with E-state index < -0.39 is 0 Å². The maximum absolute atomic E-state index is 12.8. The zero-order chi connectivity index (χ0) is 22.1. The van der Waals surface area contributed by atoms with Crippen LogP contribution in [-0.4, -0.2) is 56.5 Å². The van der Waals surface area contributed by atoms with E-state index in [0.29, 0.717) is 29.6 Å².